The lowest BCUT2D eigenvalue weighted by atomic mass is 10.2. The van der Waals surface area contributed by atoms with Gasteiger partial charge in [-0.3, -0.25) is 0 Å². The first kappa shape index (κ1) is 10.8. The predicted octanol–water partition coefficient (Wildman–Crippen LogP) is 0.884. The number of hydrogen-bond acceptors (Lipinski definition) is 6. The minimum Gasteiger partial charge on any atom is -0.469 e. The number of furan rings is 1. The summed E-state index contributed by atoms with van der Waals surface area (Å²) in [5, 5.41) is 12.6. The van der Waals surface area contributed by atoms with E-state index < -0.39 is 6.04 Å². The lowest BCUT2D eigenvalue weighted by Crippen LogP contribution is -2.15. The molecule has 2 heterocycles. The van der Waals surface area contributed by atoms with Crippen molar-refractivity contribution >= 4 is 0 Å². The predicted molar refractivity (Wildman–Crippen MR) is 55.4 cm³/mol. The summed E-state index contributed by atoms with van der Waals surface area (Å²) in [6, 6.07) is 1.15. The van der Waals surface area contributed by atoms with Gasteiger partial charge in [-0.15, -0.1) is 0 Å². The Morgan fingerprint density at radius 1 is 1.56 bits per heavy atom. The first-order valence-corrected chi connectivity index (χ1v) is 5.03. The topological polar surface area (TPSA) is 98.3 Å². The molecule has 16 heavy (non-hydrogen) atoms. The third-order valence-corrected chi connectivity index (χ3v) is 2.27. The molecule has 0 radical (unpaired) electrons. The van der Waals surface area contributed by atoms with Gasteiger partial charge < -0.3 is 19.8 Å². The van der Waals surface area contributed by atoms with Gasteiger partial charge in [0, 0.05) is 6.42 Å². The highest BCUT2D eigenvalue weighted by Gasteiger charge is 2.17. The SMILES string of the molecule is CCc1occc1-c1nc(C(N)CO)no1. The van der Waals surface area contributed by atoms with E-state index in [1.165, 1.54) is 0 Å². The third-order valence-electron chi connectivity index (χ3n) is 2.27. The van der Waals surface area contributed by atoms with Crippen LogP contribution in [0.5, 0.6) is 0 Å². The second-order valence-electron chi connectivity index (χ2n) is 3.36. The van der Waals surface area contributed by atoms with E-state index in [0.717, 1.165) is 17.7 Å². The molecule has 2 aromatic heterocycles. The van der Waals surface area contributed by atoms with Gasteiger partial charge in [-0.25, -0.2) is 0 Å². The fourth-order valence-corrected chi connectivity index (χ4v) is 1.38. The quantitative estimate of drug-likeness (QED) is 0.798. The lowest BCUT2D eigenvalue weighted by molar-refractivity contribution is 0.260. The number of aliphatic hydroxyl groups is 1. The Kier molecular flexibility index (Phi) is 3.02. The summed E-state index contributed by atoms with van der Waals surface area (Å²) in [4.78, 5) is 4.11. The number of aliphatic hydroxyl groups excluding tert-OH is 1. The molecule has 1 atom stereocenters. The van der Waals surface area contributed by atoms with Gasteiger partial charge in [0.25, 0.3) is 5.89 Å². The van der Waals surface area contributed by atoms with Gasteiger partial charge in [0.1, 0.15) is 5.76 Å². The van der Waals surface area contributed by atoms with Crippen molar-refractivity contribution in [2.24, 2.45) is 5.73 Å². The second-order valence-corrected chi connectivity index (χ2v) is 3.36. The molecular weight excluding hydrogens is 210 g/mol. The highest BCUT2D eigenvalue weighted by Crippen LogP contribution is 2.24. The van der Waals surface area contributed by atoms with Gasteiger partial charge in [0.05, 0.1) is 24.5 Å². The Labute approximate surface area is 92.1 Å². The van der Waals surface area contributed by atoms with E-state index in [-0.39, 0.29) is 6.61 Å². The van der Waals surface area contributed by atoms with E-state index >= 15 is 0 Å². The molecule has 6 heteroatoms. The van der Waals surface area contributed by atoms with Gasteiger partial charge in [-0.1, -0.05) is 12.1 Å². The van der Waals surface area contributed by atoms with E-state index in [1.807, 2.05) is 6.92 Å². The molecular formula is C10H13N3O3. The number of nitrogens with zero attached hydrogens (tertiary/aromatic N) is 2. The van der Waals surface area contributed by atoms with Crippen LogP contribution in [0, 0.1) is 0 Å². The molecule has 0 saturated carbocycles. The summed E-state index contributed by atoms with van der Waals surface area (Å²) >= 11 is 0. The molecule has 2 aromatic rings. The van der Waals surface area contributed by atoms with Crippen LogP contribution in [0.3, 0.4) is 0 Å². The van der Waals surface area contributed by atoms with E-state index in [9.17, 15) is 0 Å². The van der Waals surface area contributed by atoms with Crippen molar-refractivity contribution in [2.45, 2.75) is 19.4 Å². The average Bonchev–Trinajstić information content (AvgIpc) is 2.95. The second kappa shape index (κ2) is 4.46. The van der Waals surface area contributed by atoms with Gasteiger partial charge >= 0.3 is 0 Å². The fourth-order valence-electron chi connectivity index (χ4n) is 1.38. The number of aromatic nitrogens is 2. The summed E-state index contributed by atoms with van der Waals surface area (Å²) in [5.41, 5.74) is 6.34. The van der Waals surface area contributed by atoms with E-state index in [0.29, 0.717) is 11.7 Å². The Balaban J connectivity index is 2.31. The van der Waals surface area contributed by atoms with Crippen LogP contribution in [-0.4, -0.2) is 21.9 Å². The van der Waals surface area contributed by atoms with E-state index in [2.05, 4.69) is 10.1 Å². The minimum absolute atomic E-state index is 0.217. The molecule has 86 valence electrons. The average molecular weight is 223 g/mol. The Morgan fingerprint density at radius 2 is 2.38 bits per heavy atom. The standard InChI is InChI=1S/C10H13N3O3/c1-2-8-6(3-4-15-8)10-12-9(13-16-10)7(11)5-14/h3-4,7,14H,2,5,11H2,1H3. The molecule has 0 fully saturated rings. The number of rotatable bonds is 4. The zero-order chi connectivity index (χ0) is 11.5. The summed E-state index contributed by atoms with van der Waals surface area (Å²) in [6.07, 6.45) is 2.32. The minimum atomic E-state index is -0.616. The van der Waals surface area contributed by atoms with Gasteiger partial charge in [0.15, 0.2) is 5.82 Å². The maximum absolute atomic E-state index is 8.86. The molecule has 6 nitrogen and oxygen atoms in total. The molecule has 0 aliphatic carbocycles. The molecule has 2 rings (SSSR count). The smallest absolute Gasteiger partial charge is 0.261 e. The molecule has 0 amide bonds. The van der Waals surface area contributed by atoms with E-state index in [4.69, 9.17) is 19.8 Å². The fraction of sp³-hybridized carbons (Fsp3) is 0.400. The van der Waals surface area contributed by atoms with E-state index in [1.54, 1.807) is 12.3 Å². The largest absolute Gasteiger partial charge is 0.469 e. The Bertz CT molecular complexity index is 463. The monoisotopic (exact) mass is 223 g/mol. The summed E-state index contributed by atoms with van der Waals surface area (Å²) < 4.78 is 10.3. The molecule has 0 spiro atoms. The molecule has 0 saturated heterocycles. The van der Waals surface area contributed by atoms with Crippen LogP contribution >= 0.6 is 0 Å². The zero-order valence-electron chi connectivity index (χ0n) is 8.88. The van der Waals surface area contributed by atoms with Crippen molar-refractivity contribution in [3.8, 4) is 11.5 Å². The van der Waals surface area contributed by atoms with Crippen molar-refractivity contribution < 1.29 is 14.0 Å². The molecule has 0 aliphatic rings. The van der Waals surface area contributed by atoms with Crippen LogP contribution < -0.4 is 5.73 Å². The van der Waals surface area contributed by atoms with Crippen molar-refractivity contribution in [2.75, 3.05) is 6.61 Å². The Hall–Kier alpha value is -1.66. The number of hydrogen-bond donors (Lipinski definition) is 2. The Morgan fingerprint density at radius 3 is 3.06 bits per heavy atom. The third kappa shape index (κ3) is 1.84. The zero-order valence-corrected chi connectivity index (χ0v) is 8.88. The van der Waals surface area contributed by atoms with Crippen molar-refractivity contribution in [1.29, 1.82) is 0 Å². The highest BCUT2D eigenvalue weighted by atomic mass is 16.5. The van der Waals surface area contributed by atoms with Gasteiger partial charge in [-0.05, 0) is 6.07 Å². The highest BCUT2D eigenvalue weighted by molar-refractivity contribution is 5.55. The maximum Gasteiger partial charge on any atom is 0.261 e. The normalized spacial score (nSPS) is 12.9. The summed E-state index contributed by atoms with van der Waals surface area (Å²) in [5.74, 6) is 1.44. The van der Waals surface area contributed by atoms with Crippen LogP contribution in [-0.2, 0) is 6.42 Å². The van der Waals surface area contributed by atoms with Crippen LogP contribution in [0.2, 0.25) is 0 Å². The van der Waals surface area contributed by atoms with Crippen molar-refractivity contribution in [3.63, 3.8) is 0 Å². The van der Waals surface area contributed by atoms with Crippen molar-refractivity contribution in [1.82, 2.24) is 10.1 Å². The van der Waals surface area contributed by atoms with Crippen LogP contribution in [0.1, 0.15) is 24.6 Å². The first-order chi connectivity index (χ1) is 7.76. The maximum atomic E-state index is 8.86. The molecule has 0 bridgehead atoms. The summed E-state index contributed by atoms with van der Waals surface area (Å²) in [7, 11) is 0. The molecule has 3 N–H and O–H groups in total. The molecule has 0 aromatic carbocycles. The van der Waals surface area contributed by atoms with Crippen LogP contribution in [0.25, 0.3) is 11.5 Å². The first-order valence-electron chi connectivity index (χ1n) is 5.03. The van der Waals surface area contributed by atoms with Crippen molar-refractivity contribution in [3.05, 3.63) is 23.9 Å². The summed E-state index contributed by atoms with van der Waals surface area (Å²) in [6.45, 7) is 1.75. The van der Waals surface area contributed by atoms with Crippen LogP contribution in [0.15, 0.2) is 21.3 Å². The van der Waals surface area contributed by atoms with Gasteiger partial charge in [0.2, 0.25) is 0 Å². The lowest BCUT2D eigenvalue weighted by Gasteiger charge is -1.98. The van der Waals surface area contributed by atoms with Crippen LogP contribution in [0.4, 0.5) is 0 Å². The number of aryl methyl sites for hydroxylation is 1. The molecule has 0 aliphatic heterocycles. The van der Waals surface area contributed by atoms with Gasteiger partial charge in [-0.2, -0.15) is 4.98 Å². The number of nitrogens with two attached hydrogens (primary N) is 1. The molecule has 1 unspecified atom stereocenters.